The second-order valence-corrected chi connectivity index (χ2v) is 7.10. The molecular formula is C17H27ClN4O. The van der Waals surface area contributed by atoms with Gasteiger partial charge < -0.3 is 4.90 Å². The zero-order valence-corrected chi connectivity index (χ0v) is 15.1. The number of aromatic nitrogens is 2. The van der Waals surface area contributed by atoms with Gasteiger partial charge in [-0.15, -0.1) is 0 Å². The Morgan fingerprint density at radius 1 is 1.26 bits per heavy atom. The van der Waals surface area contributed by atoms with Crippen molar-refractivity contribution in [1.82, 2.24) is 19.6 Å². The first-order valence-electron chi connectivity index (χ1n) is 8.78. The molecule has 0 unspecified atom stereocenters. The van der Waals surface area contributed by atoms with Crippen LogP contribution in [-0.4, -0.2) is 51.2 Å². The highest BCUT2D eigenvalue weighted by molar-refractivity contribution is 6.30. The molecule has 0 saturated carbocycles. The average Bonchev–Trinajstić information content (AvgIpc) is 3.11. The van der Waals surface area contributed by atoms with Crippen molar-refractivity contribution in [2.75, 3.05) is 19.6 Å². The van der Waals surface area contributed by atoms with Crippen molar-refractivity contribution in [3.05, 3.63) is 16.4 Å². The zero-order valence-electron chi connectivity index (χ0n) is 14.4. The maximum Gasteiger partial charge on any atom is 0.240 e. The zero-order chi connectivity index (χ0) is 16.6. The maximum atomic E-state index is 13.2. The van der Waals surface area contributed by atoms with Crippen molar-refractivity contribution < 1.29 is 4.79 Å². The summed E-state index contributed by atoms with van der Waals surface area (Å²) in [6, 6.07) is 0.134. The van der Waals surface area contributed by atoms with Gasteiger partial charge in [0.2, 0.25) is 5.91 Å². The first-order valence-corrected chi connectivity index (χ1v) is 9.16. The number of hydrogen-bond donors (Lipinski definition) is 0. The Bertz CT molecular complexity index is 585. The van der Waals surface area contributed by atoms with Gasteiger partial charge in [-0.3, -0.25) is 14.4 Å². The third-order valence-electron chi connectivity index (χ3n) is 5.37. The molecule has 0 aliphatic carbocycles. The van der Waals surface area contributed by atoms with Gasteiger partial charge in [-0.2, -0.15) is 5.10 Å². The van der Waals surface area contributed by atoms with E-state index in [-0.39, 0.29) is 18.0 Å². The van der Waals surface area contributed by atoms with Crippen molar-refractivity contribution in [2.45, 2.75) is 58.0 Å². The largest absolute Gasteiger partial charge is 0.334 e. The molecule has 3 heterocycles. The van der Waals surface area contributed by atoms with Crippen LogP contribution in [0.15, 0.2) is 0 Å². The molecule has 1 aromatic heterocycles. The second kappa shape index (κ2) is 6.81. The number of carbonyl (C=O) groups is 1. The summed E-state index contributed by atoms with van der Waals surface area (Å²) in [4.78, 5) is 17.6. The minimum Gasteiger partial charge on any atom is -0.334 e. The Kier molecular flexibility index (Phi) is 4.97. The fraction of sp³-hybridized carbons (Fsp3) is 0.765. The van der Waals surface area contributed by atoms with Crippen LogP contribution in [0, 0.1) is 6.92 Å². The molecule has 1 aromatic rings. The molecule has 128 valence electrons. The lowest BCUT2D eigenvalue weighted by atomic mass is 9.99. The first-order chi connectivity index (χ1) is 11.0. The first kappa shape index (κ1) is 16.8. The third kappa shape index (κ3) is 3.01. The topological polar surface area (TPSA) is 41.4 Å². The summed E-state index contributed by atoms with van der Waals surface area (Å²) >= 11 is 6.46. The molecule has 0 spiro atoms. The van der Waals surface area contributed by atoms with Crippen molar-refractivity contribution >= 4 is 17.5 Å². The average molecular weight is 339 g/mol. The van der Waals surface area contributed by atoms with E-state index in [0.29, 0.717) is 5.15 Å². The van der Waals surface area contributed by atoms with Crippen molar-refractivity contribution in [3.63, 3.8) is 0 Å². The van der Waals surface area contributed by atoms with Gasteiger partial charge in [-0.05, 0) is 45.7 Å². The summed E-state index contributed by atoms with van der Waals surface area (Å²) in [6.07, 6.45) is 5.36. The van der Waals surface area contributed by atoms with Gasteiger partial charge in [-0.25, -0.2) is 0 Å². The van der Waals surface area contributed by atoms with Crippen LogP contribution in [0.2, 0.25) is 5.15 Å². The molecule has 2 aliphatic rings. The van der Waals surface area contributed by atoms with Crippen LogP contribution in [0.1, 0.15) is 56.3 Å². The molecule has 6 heteroatoms. The minimum atomic E-state index is 0.0464. The molecule has 23 heavy (non-hydrogen) atoms. The summed E-state index contributed by atoms with van der Waals surface area (Å²) < 4.78 is 1.71. The van der Waals surface area contributed by atoms with E-state index in [2.05, 4.69) is 21.8 Å². The number of hydrogen-bond acceptors (Lipinski definition) is 3. The number of likely N-dealkylation sites (N-methyl/N-ethyl adjacent to an activating group) is 1. The van der Waals surface area contributed by atoms with E-state index in [1.54, 1.807) is 4.68 Å². The van der Waals surface area contributed by atoms with E-state index >= 15 is 0 Å². The summed E-state index contributed by atoms with van der Waals surface area (Å²) in [7, 11) is 1.86. The lowest BCUT2D eigenvalue weighted by molar-refractivity contribution is -0.139. The van der Waals surface area contributed by atoms with Crippen LogP contribution < -0.4 is 0 Å². The molecular weight excluding hydrogens is 312 g/mol. The number of halogens is 1. The van der Waals surface area contributed by atoms with E-state index < -0.39 is 0 Å². The molecule has 2 atom stereocenters. The number of rotatable bonds is 3. The van der Waals surface area contributed by atoms with Crippen LogP contribution in [0.25, 0.3) is 0 Å². The molecule has 1 amide bonds. The number of carbonyl (C=O) groups excluding carboxylic acids is 1. The molecule has 3 rings (SSSR count). The van der Waals surface area contributed by atoms with Crippen LogP contribution in [-0.2, 0) is 11.8 Å². The maximum absolute atomic E-state index is 13.2. The summed E-state index contributed by atoms with van der Waals surface area (Å²) in [5, 5.41) is 5.10. The smallest absolute Gasteiger partial charge is 0.240 e. The Hall–Kier alpha value is -1.07. The van der Waals surface area contributed by atoms with Crippen LogP contribution in [0.5, 0.6) is 0 Å². The Morgan fingerprint density at radius 3 is 2.70 bits per heavy atom. The van der Waals surface area contributed by atoms with Crippen molar-refractivity contribution in [2.24, 2.45) is 7.05 Å². The minimum absolute atomic E-state index is 0.0464. The highest BCUT2D eigenvalue weighted by Gasteiger charge is 2.39. The summed E-state index contributed by atoms with van der Waals surface area (Å²) in [6.45, 7) is 6.96. The number of amides is 1. The predicted molar refractivity (Wildman–Crippen MR) is 91.5 cm³/mol. The molecule has 0 radical (unpaired) electrons. The van der Waals surface area contributed by atoms with Gasteiger partial charge in [-0.1, -0.05) is 24.9 Å². The quantitative estimate of drug-likeness (QED) is 0.851. The monoisotopic (exact) mass is 338 g/mol. The van der Waals surface area contributed by atoms with E-state index in [4.69, 9.17) is 11.6 Å². The molecule has 0 aromatic carbocycles. The van der Waals surface area contributed by atoms with E-state index in [1.165, 1.54) is 6.42 Å². The number of aryl methyl sites for hydroxylation is 2. The third-order valence-corrected chi connectivity index (χ3v) is 5.82. The van der Waals surface area contributed by atoms with Crippen molar-refractivity contribution in [3.8, 4) is 0 Å². The summed E-state index contributed by atoms with van der Waals surface area (Å²) in [5.41, 5.74) is 1.98. The normalized spacial score (nSPS) is 26.0. The van der Waals surface area contributed by atoms with E-state index in [9.17, 15) is 4.79 Å². The molecule has 2 saturated heterocycles. The van der Waals surface area contributed by atoms with E-state index in [0.717, 1.165) is 56.6 Å². The Morgan fingerprint density at radius 2 is 2.04 bits per heavy atom. The van der Waals surface area contributed by atoms with Gasteiger partial charge in [0.1, 0.15) is 5.15 Å². The fourth-order valence-electron chi connectivity index (χ4n) is 4.20. The van der Waals surface area contributed by atoms with Crippen molar-refractivity contribution in [1.29, 1.82) is 0 Å². The van der Waals surface area contributed by atoms with Crippen LogP contribution >= 0.6 is 11.6 Å². The fourth-order valence-corrected chi connectivity index (χ4v) is 4.50. The number of likely N-dealkylation sites (tertiary alicyclic amines) is 2. The number of nitrogens with zero attached hydrogens (tertiary/aromatic N) is 4. The lowest BCUT2D eigenvalue weighted by Crippen LogP contribution is -2.50. The highest BCUT2D eigenvalue weighted by Crippen LogP contribution is 2.38. The second-order valence-electron chi connectivity index (χ2n) is 6.74. The predicted octanol–water partition coefficient (Wildman–Crippen LogP) is 2.92. The Balaban J connectivity index is 1.85. The van der Waals surface area contributed by atoms with Gasteiger partial charge in [0.15, 0.2) is 0 Å². The van der Waals surface area contributed by atoms with Gasteiger partial charge in [0.05, 0.1) is 17.8 Å². The van der Waals surface area contributed by atoms with E-state index in [1.807, 2.05) is 14.0 Å². The van der Waals surface area contributed by atoms with Gasteiger partial charge >= 0.3 is 0 Å². The standard InChI is InChI=1S/C17H27ClN4O/c1-4-21-10-6-5-8-14(21)17(23)22-11-7-9-13(22)15-12(2)19-20(3)16(15)18/h13-14H,4-11H2,1-3H3/t13-,14-/m0/s1. The van der Waals surface area contributed by atoms with Gasteiger partial charge in [0.25, 0.3) is 0 Å². The van der Waals surface area contributed by atoms with Crippen LogP contribution in [0.3, 0.4) is 0 Å². The highest BCUT2D eigenvalue weighted by atomic mass is 35.5. The molecule has 0 bridgehead atoms. The number of piperidine rings is 1. The molecule has 2 fully saturated rings. The van der Waals surface area contributed by atoms with Gasteiger partial charge in [0, 0.05) is 19.2 Å². The molecule has 5 nitrogen and oxygen atoms in total. The summed E-state index contributed by atoms with van der Waals surface area (Å²) in [5.74, 6) is 0.286. The SMILES string of the molecule is CCN1CCCC[C@H]1C(=O)N1CCC[C@H]1c1c(C)nn(C)c1Cl. The lowest BCUT2D eigenvalue weighted by Gasteiger charge is -2.37. The molecule has 0 N–H and O–H groups in total. The van der Waals surface area contributed by atoms with Crippen LogP contribution in [0.4, 0.5) is 0 Å². The Labute approximate surface area is 143 Å². The molecule has 2 aliphatic heterocycles.